The van der Waals surface area contributed by atoms with E-state index in [0.717, 1.165) is 23.0 Å². The molecule has 1 fully saturated rings. The van der Waals surface area contributed by atoms with Crippen LogP contribution in [0.25, 0.3) is 11.5 Å². The number of rotatable bonds is 5. The molecule has 1 saturated carbocycles. The van der Waals surface area contributed by atoms with Crippen molar-refractivity contribution in [2.24, 2.45) is 5.92 Å². The van der Waals surface area contributed by atoms with Gasteiger partial charge in [-0.3, -0.25) is 0 Å². The Hall–Kier alpha value is -1.62. The highest BCUT2D eigenvalue weighted by atomic mass is 16.4. The van der Waals surface area contributed by atoms with Crippen LogP contribution in [0.4, 0.5) is 0 Å². The fourth-order valence-corrected chi connectivity index (χ4v) is 3.33. The Morgan fingerprint density at radius 1 is 1.18 bits per heavy atom. The summed E-state index contributed by atoms with van der Waals surface area (Å²) in [5.74, 6) is 3.62. The largest absolute Gasteiger partial charge is 0.466 e. The van der Waals surface area contributed by atoms with Crippen molar-refractivity contribution < 1.29 is 8.83 Å². The van der Waals surface area contributed by atoms with E-state index in [2.05, 4.69) is 22.4 Å². The molecule has 0 saturated heterocycles. The average Bonchev–Trinajstić information content (AvgIpc) is 3.12. The van der Waals surface area contributed by atoms with Gasteiger partial charge in [0.2, 0.25) is 5.89 Å². The highest BCUT2D eigenvalue weighted by Gasteiger charge is 2.20. The second-order valence-electron chi connectivity index (χ2n) is 6.40. The van der Waals surface area contributed by atoms with E-state index in [1.54, 1.807) is 0 Å². The number of nitrogens with one attached hydrogen (secondary N) is 1. The summed E-state index contributed by atoms with van der Waals surface area (Å²) in [4.78, 5) is 0. The summed E-state index contributed by atoms with van der Waals surface area (Å²) < 4.78 is 11.3. The fraction of sp³-hybridized carbons (Fsp3) is 0.647. The van der Waals surface area contributed by atoms with E-state index < -0.39 is 0 Å². The Balaban J connectivity index is 1.58. The van der Waals surface area contributed by atoms with Crippen molar-refractivity contribution in [3.05, 3.63) is 23.5 Å². The Bertz CT molecular complexity index is 611. The first-order valence-electron chi connectivity index (χ1n) is 8.26. The highest BCUT2D eigenvalue weighted by Crippen LogP contribution is 2.27. The maximum absolute atomic E-state index is 5.76. The van der Waals surface area contributed by atoms with Crippen molar-refractivity contribution in [2.75, 3.05) is 0 Å². The van der Waals surface area contributed by atoms with Crippen LogP contribution in [-0.4, -0.2) is 16.2 Å². The Kier molecular flexibility index (Phi) is 4.62. The van der Waals surface area contributed by atoms with Gasteiger partial charge >= 0.3 is 0 Å². The molecule has 0 aliphatic heterocycles. The molecule has 2 heterocycles. The van der Waals surface area contributed by atoms with Gasteiger partial charge in [0, 0.05) is 6.04 Å². The normalized spacial score (nSPS) is 17.8. The monoisotopic (exact) mass is 303 g/mol. The topological polar surface area (TPSA) is 64.1 Å². The molecule has 120 valence electrons. The van der Waals surface area contributed by atoms with Gasteiger partial charge in [-0.2, -0.15) is 0 Å². The second kappa shape index (κ2) is 6.65. The van der Waals surface area contributed by atoms with Gasteiger partial charge in [0.25, 0.3) is 5.89 Å². The lowest BCUT2D eigenvalue weighted by Crippen LogP contribution is -2.34. The molecule has 1 N–H and O–H groups in total. The van der Waals surface area contributed by atoms with Gasteiger partial charge in [0.15, 0.2) is 0 Å². The van der Waals surface area contributed by atoms with Crippen LogP contribution in [0.3, 0.4) is 0 Å². The minimum atomic E-state index is 0.494. The van der Waals surface area contributed by atoms with Crippen molar-refractivity contribution in [1.29, 1.82) is 0 Å². The molecule has 2 aromatic rings. The van der Waals surface area contributed by atoms with E-state index in [0.29, 0.717) is 24.4 Å². The first kappa shape index (κ1) is 15.3. The minimum Gasteiger partial charge on any atom is -0.466 e. The molecule has 5 heteroatoms. The standard InChI is InChI=1S/C17H25N3O2/c1-11-9-15(13(3)21-11)17-20-19-16(22-17)10-18-12(2)14-7-5-4-6-8-14/h9,12,14,18H,4-8,10H2,1-3H3. The lowest BCUT2D eigenvalue weighted by molar-refractivity contribution is 0.274. The number of hydrogen-bond donors (Lipinski definition) is 1. The maximum atomic E-state index is 5.76. The molecule has 1 aliphatic rings. The summed E-state index contributed by atoms with van der Waals surface area (Å²) in [6.45, 7) is 6.72. The molecule has 1 unspecified atom stereocenters. The van der Waals surface area contributed by atoms with E-state index in [1.165, 1.54) is 32.1 Å². The number of furan rings is 1. The van der Waals surface area contributed by atoms with Gasteiger partial charge in [-0.25, -0.2) is 0 Å². The van der Waals surface area contributed by atoms with Crippen LogP contribution in [-0.2, 0) is 6.54 Å². The van der Waals surface area contributed by atoms with Crippen molar-refractivity contribution in [3.63, 3.8) is 0 Å². The third-order valence-electron chi connectivity index (χ3n) is 4.67. The molecule has 0 spiro atoms. The summed E-state index contributed by atoms with van der Waals surface area (Å²) in [6, 6.07) is 2.43. The van der Waals surface area contributed by atoms with Crippen LogP contribution >= 0.6 is 0 Å². The van der Waals surface area contributed by atoms with E-state index in [1.807, 2.05) is 19.9 Å². The molecule has 0 amide bonds. The zero-order valence-corrected chi connectivity index (χ0v) is 13.7. The quantitative estimate of drug-likeness (QED) is 0.904. The molecule has 1 atom stereocenters. The lowest BCUT2D eigenvalue weighted by atomic mass is 9.84. The molecule has 3 rings (SSSR count). The first-order chi connectivity index (χ1) is 10.6. The molecule has 2 aromatic heterocycles. The lowest BCUT2D eigenvalue weighted by Gasteiger charge is -2.27. The zero-order valence-electron chi connectivity index (χ0n) is 13.7. The van der Waals surface area contributed by atoms with Crippen LogP contribution in [0, 0.1) is 19.8 Å². The zero-order chi connectivity index (χ0) is 15.5. The van der Waals surface area contributed by atoms with Gasteiger partial charge in [-0.15, -0.1) is 10.2 Å². The number of aryl methyl sites for hydroxylation is 2. The predicted molar refractivity (Wildman–Crippen MR) is 84.4 cm³/mol. The van der Waals surface area contributed by atoms with Crippen molar-refractivity contribution in [3.8, 4) is 11.5 Å². The average molecular weight is 303 g/mol. The molecule has 22 heavy (non-hydrogen) atoms. The van der Waals surface area contributed by atoms with Crippen molar-refractivity contribution in [2.45, 2.75) is 65.5 Å². The summed E-state index contributed by atoms with van der Waals surface area (Å²) >= 11 is 0. The summed E-state index contributed by atoms with van der Waals surface area (Å²) in [5, 5.41) is 11.8. The second-order valence-corrected chi connectivity index (χ2v) is 6.40. The molecular formula is C17H25N3O2. The van der Waals surface area contributed by atoms with Gasteiger partial charge in [0.05, 0.1) is 12.1 Å². The van der Waals surface area contributed by atoms with Gasteiger partial charge in [0.1, 0.15) is 11.5 Å². The van der Waals surface area contributed by atoms with Crippen LogP contribution in [0.1, 0.15) is 56.4 Å². The smallest absolute Gasteiger partial charge is 0.251 e. The predicted octanol–water partition coefficient (Wildman–Crippen LogP) is 4.00. The van der Waals surface area contributed by atoms with Gasteiger partial charge in [-0.1, -0.05) is 19.3 Å². The summed E-state index contributed by atoms with van der Waals surface area (Å²) in [7, 11) is 0. The number of nitrogens with zero attached hydrogens (tertiary/aromatic N) is 2. The minimum absolute atomic E-state index is 0.494. The Morgan fingerprint density at radius 3 is 2.64 bits per heavy atom. The molecular weight excluding hydrogens is 278 g/mol. The summed E-state index contributed by atoms with van der Waals surface area (Å²) in [6.07, 6.45) is 6.77. The highest BCUT2D eigenvalue weighted by molar-refractivity contribution is 5.55. The molecule has 1 aliphatic carbocycles. The molecule has 0 bridgehead atoms. The number of aromatic nitrogens is 2. The third kappa shape index (κ3) is 3.40. The van der Waals surface area contributed by atoms with Crippen LogP contribution < -0.4 is 5.32 Å². The van der Waals surface area contributed by atoms with E-state index in [4.69, 9.17) is 8.83 Å². The SMILES string of the molecule is Cc1cc(-c2nnc(CNC(C)C3CCCCC3)o2)c(C)o1. The van der Waals surface area contributed by atoms with Crippen molar-refractivity contribution in [1.82, 2.24) is 15.5 Å². The molecule has 0 aromatic carbocycles. The fourth-order valence-electron chi connectivity index (χ4n) is 3.33. The van der Waals surface area contributed by atoms with Crippen molar-refractivity contribution >= 4 is 0 Å². The van der Waals surface area contributed by atoms with Gasteiger partial charge < -0.3 is 14.2 Å². The van der Waals surface area contributed by atoms with E-state index in [-0.39, 0.29) is 0 Å². The molecule has 0 radical (unpaired) electrons. The van der Waals surface area contributed by atoms with Crippen LogP contribution in [0.2, 0.25) is 0 Å². The first-order valence-corrected chi connectivity index (χ1v) is 8.26. The maximum Gasteiger partial charge on any atom is 0.251 e. The van der Waals surface area contributed by atoms with E-state index in [9.17, 15) is 0 Å². The van der Waals surface area contributed by atoms with E-state index >= 15 is 0 Å². The Labute approximate surface area is 131 Å². The van der Waals surface area contributed by atoms with Gasteiger partial charge in [-0.05, 0) is 45.6 Å². The van der Waals surface area contributed by atoms with Crippen LogP contribution in [0.5, 0.6) is 0 Å². The van der Waals surface area contributed by atoms with Crippen LogP contribution in [0.15, 0.2) is 14.9 Å². The Morgan fingerprint density at radius 2 is 1.95 bits per heavy atom. The third-order valence-corrected chi connectivity index (χ3v) is 4.67. The molecule has 5 nitrogen and oxygen atoms in total. The summed E-state index contributed by atoms with van der Waals surface area (Å²) in [5.41, 5.74) is 0.886. The number of hydrogen-bond acceptors (Lipinski definition) is 5.